The number of hydrogen-bond donors (Lipinski definition) is 3. The number of ketones is 2. The SMILES string of the molecule is CCCCCCCCCCCCCCCC(=O)C1(O)CCN[C@@]1(C(=O)O)C(=O)CCCCCCCCCCCCCCC. The maximum absolute atomic E-state index is 13.3. The van der Waals surface area contributed by atoms with Gasteiger partial charge in [0.15, 0.2) is 17.2 Å². The van der Waals surface area contributed by atoms with Gasteiger partial charge < -0.3 is 10.2 Å². The Kier molecular flexibility index (Phi) is 23.1. The van der Waals surface area contributed by atoms with Crippen molar-refractivity contribution in [3.8, 4) is 0 Å². The van der Waals surface area contributed by atoms with E-state index in [-0.39, 0.29) is 25.8 Å². The summed E-state index contributed by atoms with van der Waals surface area (Å²) in [5.74, 6) is -2.48. The van der Waals surface area contributed by atoms with Crippen molar-refractivity contribution in [3.63, 3.8) is 0 Å². The molecule has 1 heterocycles. The van der Waals surface area contributed by atoms with E-state index in [1.807, 2.05) is 0 Å². The van der Waals surface area contributed by atoms with Crippen LogP contribution in [0.1, 0.15) is 200 Å². The fourth-order valence-electron chi connectivity index (χ4n) is 6.82. The highest BCUT2D eigenvalue weighted by Gasteiger charge is 2.66. The number of carbonyl (C=O) groups is 3. The largest absolute Gasteiger partial charge is 0.479 e. The van der Waals surface area contributed by atoms with Crippen molar-refractivity contribution in [1.82, 2.24) is 5.32 Å². The summed E-state index contributed by atoms with van der Waals surface area (Å²) in [7, 11) is 0. The van der Waals surface area contributed by atoms with Crippen LogP contribution in [0.4, 0.5) is 0 Å². The smallest absolute Gasteiger partial charge is 0.335 e. The second kappa shape index (κ2) is 25.0. The van der Waals surface area contributed by atoms with Gasteiger partial charge in [-0.2, -0.15) is 0 Å². The minimum absolute atomic E-state index is 0.0269. The first-order valence-electron chi connectivity index (χ1n) is 18.6. The number of hydrogen-bond acceptors (Lipinski definition) is 5. The number of aliphatic hydroxyl groups is 1. The van der Waals surface area contributed by atoms with E-state index < -0.39 is 28.7 Å². The molecule has 0 amide bonds. The molecule has 0 spiro atoms. The van der Waals surface area contributed by atoms with Crippen LogP contribution in [0.2, 0.25) is 0 Å². The van der Waals surface area contributed by atoms with Gasteiger partial charge in [-0.15, -0.1) is 0 Å². The first-order valence-corrected chi connectivity index (χ1v) is 18.6. The van der Waals surface area contributed by atoms with Crippen LogP contribution in [0.5, 0.6) is 0 Å². The number of Topliss-reactive ketones (excluding diaryl/α,β-unsaturated/α-hetero) is 2. The second-order valence-electron chi connectivity index (χ2n) is 13.4. The maximum Gasteiger partial charge on any atom is 0.335 e. The van der Waals surface area contributed by atoms with E-state index in [1.54, 1.807) is 0 Å². The van der Waals surface area contributed by atoms with Gasteiger partial charge in [-0.3, -0.25) is 14.9 Å². The number of rotatable bonds is 31. The van der Waals surface area contributed by atoms with Gasteiger partial charge >= 0.3 is 5.97 Å². The molecule has 6 heteroatoms. The van der Waals surface area contributed by atoms with E-state index in [0.29, 0.717) is 12.8 Å². The summed E-state index contributed by atoms with van der Waals surface area (Å²) in [5.41, 5.74) is -4.37. The molecule has 1 rings (SSSR count). The average Bonchev–Trinajstić information content (AvgIpc) is 3.37. The summed E-state index contributed by atoms with van der Waals surface area (Å²) >= 11 is 0. The Labute approximate surface area is 264 Å². The van der Waals surface area contributed by atoms with Crippen LogP contribution < -0.4 is 5.32 Å². The van der Waals surface area contributed by atoms with Gasteiger partial charge in [-0.1, -0.05) is 168 Å². The number of nitrogens with one attached hydrogen (secondary N) is 1. The fourth-order valence-corrected chi connectivity index (χ4v) is 6.82. The Morgan fingerprint density at radius 3 is 1.14 bits per heavy atom. The topological polar surface area (TPSA) is 104 Å². The summed E-state index contributed by atoms with van der Waals surface area (Å²) in [5, 5.41) is 24.3. The van der Waals surface area contributed by atoms with E-state index in [0.717, 1.165) is 38.5 Å². The lowest BCUT2D eigenvalue weighted by Gasteiger charge is -2.36. The Morgan fingerprint density at radius 1 is 0.512 bits per heavy atom. The van der Waals surface area contributed by atoms with Crippen molar-refractivity contribution in [2.45, 2.75) is 211 Å². The first-order chi connectivity index (χ1) is 20.9. The molecule has 6 nitrogen and oxygen atoms in total. The lowest BCUT2D eigenvalue weighted by atomic mass is 9.72. The molecule has 43 heavy (non-hydrogen) atoms. The monoisotopic (exact) mass is 608 g/mol. The van der Waals surface area contributed by atoms with Gasteiger partial charge in [-0.25, -0.2) is 4.79 Å². The average molecular weight is 608 g/mol. The molecule has 1 fully saturated rings. The number of unbranched alkanes of at least 4 members (excludes halogenated alkanes) is 24. The van der Waals surface area contributed by atoms with Crippen molar-refractivity contribution in [2.75, 3.05) is 6.54 Å². The Morgan fingerprint density at radius 2 is 0.814 bits per heavy atom. The molecular weight excluding hydrogens is 538 g/mol. The number of carbonyl (C=O) groups excluding carboxylic acids is 2. The summed E-state index contributed by atoms with van der Waals surface area (Å²) in [6, 6.07) is 0. The predicted molar refractivity (Wildman–Crippen MR) is 179 cm³/mol. The molecule has 1 unspecified atom stereocenters. The zero-order valence-corrected chi connectivity index (χ0v) is 28.3. The van der Waals surface area contributed by atoms with Crippen LogP contribution in [0.15, 0.2) is 0 Å². The minimum atomic E-state index is -2.21. The molecular formula is C37H69NO5. The van der Waals surface area contributed by atoms with Crippen LogP contribution in [0.25, 0.3) is 0 Å². The van der Waals surface area contributed by atoms with Gasteiger partial charge in [-0.05, 0) is 25.8 Å². The van der Waals surface area contributed by atoms with E-state index in [1.165, 1.54) is 116 Å². The summed E-state index contributed by atoms with van der Waals surface area (Å²) in [4.78, 5) is 38.9. The summed E-state index contributed by atoms with van der Waals surface area (Å²) in [6.45, 7) is 4.64. The van der Waals surface area contributed by atoms with Crippen molar-refractivity contribution >= 4 is 17.5 Å². The van der Waals surface area contributed by atoms with Crippen molar-refractivity contribution in [1.29, 1.82) is 0 Å². The second-order valence-corrected chi connectivity index (χ2v) is 13.4. The highest BCUT2D eigenvalue weighted by Crippen LogP contribution is 2.36. The maximum atomic E-state index is 13.3. The van der Waals surface area contributed by atoms with E-state index in [4.69, 9.17) is 0 Å². The number of carboxylic acids is 1. The minimum Gasteiger partial charge on any atom is -0.479 e. The lowest BCUT2D eigenvalue weighted by molar-refractivity contribution is -0.168. The van der Waals surface area contributed by atoms with Crippen LogP contribution in [-0.4, -0.2) is 45.4 Å². The summed E-state index contributed by atoms with van der Waals surface area (Å²) < 4.78 is 0. The van der Waals surface area contributed by atoms with Gasteiger partial charge in [0.05, 0.1) is 0 Å². The normalized spacial score (nSPS) is 20.1. The Balaban J connectivity index is 2.28. The molecule has 0 aliphatic carbocycles. The lowest BCUT2D eigenvalue weighted by Crippen LogP contribution is -2.69. The molecule has 1 aliphatic rings. The van der Waals surface area contributed by atoms with Crippen LogP contribution in [0.3, 0.4) is 0 Å². The van der Waals surface area contributed by atoms with Crippen molar-refractivity contribution < 1.29 is 24.6 Å². The molecule has 0 saturated carbocycles. The quantitative estimate of drug-likeness (QED) is 0.0535. The van der Waals surface area contributed by atoms with Crippen LogP contribution in [-0.2, 0) is 14.4 Å². The molecule has 2 atom stereocenters. The third kappa shape index (κ3) is 15.0. The molecule has 1 saturated heterocycles. The van der Waals surface area contributed by atoms with Gasteiger partial charge in [0.25, 0.3) is 0 Å². The van der Waals surface area contributed by atoms with E-state index in [2.05, 4.69) is 19.2 Å². The molecule has 3 N–H and O–H groups in total. The van der Waals surface area contributed by atoms with Gasteiger partial charge in [0.2, 0.25) is 5.54 Å². The van der Waals surface area contributed by atoms with Crippen LogP contribution >= 0.6 is 0 Å². The predicted octanol–water partition coefficient (Wildman–Crippen LogP) is 9.63. The summed E-state index contributed by atoms with van der Waals surface area (Å²) in [6.07, 6.45) is 31.1. The van der Waals surface area contributed by atoms with Crippen molar-refractivity contribution in [2.24, 2.45) is 0 Å². The van der Waals surface area contributed by atoms with Crippen LogP contribution in [0, 0.1) is 0 Å². The third-order valence-electron chi connectivity index (χ3n) is 9.71. The third-order valence-corrected chi connectivity index (χ3v) is 9.71. The molecule has 0 aromatic heterocycles. The zero-order chi connectivity index (χ0) is 31.7. The standard InChI is InChI=1S/C37H69NO5/c1-3-5-7-9-11-13-15-17-19-21-23-25-27-29-33(39)36(43)31-32-38-37(36,35(41)42)34(40)30-28-26-24-22-20-18-16-14-12-10-8-6-4-2/h38,43H,3-32H2,1-2H3,(H,41,42)/t36?,37-/m1/s1. The fraction of sp³-hybridized carbons (Fsp3) is 0.919. The Bertz CT molecular complexity index is 741. The molecule has 0 radical (unpaired) electrons. The van der Waals surface area contributed by atoms with Gasteiger partial charge in [0, 0.05) is 12.8 Å². The number of carboxylic acid groups (broad SMARTS) is 1. The molecule has 1 aliphatic heterocycles. The molecule has 252 valence electrons. The van der Waals surface area contributed by atoms with E-state index in [9.17, 15) is 24.6 Å². The van der Waals surface area contributed by atoms with Gasteiger partial charge in [0.1, 0.15) is 0 Å². The number of aliphatic carboxylic acids is 1. The molecule has 0 bridgehead atoms. The first kappa shape index (κ1) is 39.8. The van der Waals surface area contributed by atoms with Crippen molar-refractivity contribution in [3.05, 3.63) is 0 Å². The Hall–Kier alpha value is -1.27. The zero-order valence-electron chi connectivity index (χ0n) is 28.3. The molecule has 0 aromatic carbocycles. The highest BCUT2D eigenvalue weighted by atomic mass is 16.4. The van der Waals surface area contributed by atoms with E-state index >= 15 is 0 Å². The molecule has 0 aromatic rings. The highest BCUT2D eigenvalue weighted by molar-refractivity contribution is 6.15.